The zero-order valence-electron chi connectivity index (χ0n) is 15.8. The fourth-order valence-electron chi connectivity index (χ4n) is 3.06. The van der Waals surface area contributed by atoms with E-state index in [1.165, 1.54) is 10.7 Å². The van der Waals surface area contributed by atoms with Gasteiger partial charge in [-0.15, -0.1) is 0 Å². The number of pyridine rings is 1. The minimum atomic E-state index is -4.52. The first-order chi connectivity index (χ1) is 14.6. The van der Waals surface area contributed by atoms with Crippen LogP contribution in [-0.2, 0) is 13.2 Å². The van der Waals surface area contributed by atoms with Crippen LogP contribution >= 0.6 is 23.2 Å². The molecular formula is C21H13Cl2F3N4O. The number of hydrogen-bond donors (Lipinski definition) is 1. The fraction of sp³-hybridized carbons (Fsp3) is 0.0952. The second-order valence-corrected chi connectivity index (χ2v) is 7.53. The summed E-state index contributed by atoms with van der Waals surface area (Å²) in [4.78, 5) is 17.0. The van der Waals surface area contributed by atoms with Gasteiger partial charge in [-0.05, 0) is 36.4 Å². The van der Waals surface area contributed by atoms with Crippen LogP contribution < -0.4 is 5.32 Å². The lowest BCUT2D eigenvalue weighted by atomic mass is 10.1. The number of hydrogen-bond acceptors (Lipinski definition) is 3. The molecule has 2 aromatic carbocycles. The Kier molecular flexibility index (Phi) is 5.36. The van der Waals surface area contributed by atoms with Crippen LogP contribution in [0.2, 0.25) is 10.0 Å². The van der Waals surface area contributed by atoms with E-state index in [0.29, 0.717) is 5.52 Å². The first-order valence-corrected chi connectivity index (χ1v) is 9.66. The van der Waals surface area contributed by atoms with Gasteiger partial charge in [-0.2, -0.15) is 18.3 Å². The normalized spacial score (nSPS) is 11.7. The van der Waals surface area contributed by atoms with Gasteiger partial charge in [0.2, 0.25) is 0 Å². The molecule has 0 aliphatic heterocycles. The number of rotatable bonds is 3. The highest BCUT2D eigenvalue weighted by molar-refractivity contribution is 6.35. The Hall–Kier alpha value is -3.10. The Labute approximate surface area is 184 Å². The van der Waals surface area contributed by atoms with Crippen molar-refractivity contribution in [3.63, 3.8) is 0 Å². The Morgan fingerprint density at radius 3 is 2.58 bits per heavy atom. The summed E-state index contributed by atoms with van der Waals surface area (Å²) >= 11 is 12.3. The molecule has 1 N–H and O–H groups in total. The van der Waals surface area contributed by atoms with Crippen LogP contribution in [0.4, 0.5) is 19.0 Å². The van der Waals surface area contributed by atoms with Gasteiger partial charge in [-0.25, -0.2) is 0 Å². The molecule has 5 nitrogen and oxygen atoms in total. The minimum Gasteiger partial charge on any atom is -0.307 e. The van der Waals surface area contributed by atoms with Crippen LogP contribution in [0.25, 0.3) is 22.2 Å². The van der Waals surface area contributed by atoms with Crippen LogP contribution in [0, 0.1) is 0 Å². The molecular weight excluding hydrogens is 452 g/mol. The molecule has 4 aromatic rings. The van der Waals surface area contributed by atoms with E-state index in [2.05, 4.69) is 15.4 Å². The Bertz CT molecular complexity index is 1320. The second-order valence-electron chi connectivity index (χ2n) is 6.71. The third kappa shape index (κ3) is 4.22. The molecule has 0 atom stereocenters. The molecule has 0 aliphatic carbocycles. The average Bonchev–Trinajstić information content (AvgIpc) is 3.06. The zero-order chi connectivity index (χ0) is 22.3. The fourth-order valence-corrected chi connectivity index (χ4v) is 3.54. The monoisotopic (exact) mass is 464 g/mol. The topological polar surface area (TPSA) is 59.8 Å². The van der Waals surface area contributed by atoms with E-state index in [9.17, 15) is 18.0 Å². The summed E-state index contributed by atoms with van der Waals surface area (Å²) in [5.74, 6) is -0.257. The van der Waals surface area contributed by atoms with E-state index in [1.54, 1.807) is 31.4 Å². The molecule has 0 unspecified atom stereocenters. The summed E-state index contributed by atoms with van der Waals surface area (Å²) in [5.41, 5.74) is 0.227. The summed E-state index contributed by atoms with van der Waals surface area (Å²) in [6.07, 6.45) is -2.92. The number of carbonyl (C=O) groups excluding carboxylic acids is 1. The summed E-state index contributed by atoms with van der Waals surface area (Å²) in [7, 11) is 1.55. The number of halogens is 5. The van der Waals surface area contributed by atoms with Crippen LogP contribution in [0.1, 0.15) is 15.9 Å². The van der Waals surface area contributed by atoms with Crippen molar-refractivity contribution in [2.75, 3.05) is 5.32 Å². The number of aromatic nitrogens is 3. The third-order valence-corrected chi connectivity index (χ3v) is 5.27. The van der Waals surface area contributed by atoms with Crippen LogP contribution in [0.5, 0.6) is 0 Å². The van der Waals surface area contributed by atoms with Gasteiger partial charge in [-0.3, -0.25) is 14.5 Å². The molecule has 0 saturated carbocycles. The predicted octanol–water partition coefficient (Wildman–Crippen LogP) is 6.21. The lowest BCUT2D eigenvalue weighted by Gasteiger charge is -2.09. The van der Waals surface area contributed by atoms with Crippen molar-refractivity contribution in [1.82, 2.24) is 14.8 Å². The van der Waals surface area contributed by atoms with Gasteiger partial charge >= 0.3 is 6.18 Å². The largest absolute Gasteiger partial charge is 0.416 e. The predicted molar refractivity (Wildman–Crippen MR) is 113 cm³/mol. The number of carbonyl (C=O) groups is 1. The standard InChI is InChI=1S/C21H13Cl2F3N4O/c1-30-19(10-18(29-30)13-8-12(21(24,25)26)4-5-15(13)22)28-20(31)14-9-17-11(7-16(14)23)3-2-6-27-17/h2-10H,1H3,(H,28,31). The van der Waals surface area contributed by atoms with Gasteiger partial charge in [0.25, 0.3) is 5.91 Å². The minimum absolute atomic E-state index is 0.0977. The highest BCUT2D eigenvalue weighted by atomic mass is 35.5. The van der Waals surface area contributed by atoms with E-state index < -0.39 is 17.6 Å². The van der Waals surface area contributed by atoms with Crippen molar-refractivity contribution < 1.29 is 18.0 Å². The van der Waals surface area contributed by atoms with Crippen LogP contribution in [0.15, 0.2) is 54.7 Å². The van der Waals surface area contributed by atoms with Gasteiger partial charge in [0.15, 0.2) is 0 Å². The number of anilines is 1. The quantitative estimate of drug-likeness (QED) is 0.391. The zero-order valence-corrected chi connectivity index (χ0v) is 17.3. The molecule has 2 aromatic heterocycles. The summed E-state index contributed by atoms with van der Waals surface area (Å²) in [5, 5.41) is 7.98. The van der Waals surface area contributed by atoms with E-state index >= 15 is 0 Å². The molecule has 2 heterocycles. The van der Waals surface area contributed by atoms with Gasteiger partial charge in [0, 0.05) is 30.3 Å². The highest BCUT2D eigenvalue weighted by Crippen LogP contribution is 2.36. The van der Waals surface area contributed by atoms with Gasteiger partial charge in [-0.1, -0.05) is 29.3 Å². The number of benzene rings is 2. The van der Waals surface area contributed by atoms with Crippen molar-refractivity contribution >= 4 is 45.8 Å². The molecule has 0 fully saturated rings. The number of amides is 1. The van der Waals surface area contributed by atoms with Gasteiger partial charge < -0.3 is 5.32 Å². The molecule has 0 spiro atoms. The van der Waals surface area contributed by atoms with E-state index in [4.69, 9.17) is 23.2 Å². The smallest absolute Gasteiger partial charge is 0.307 e. The molecule has 0 aliphatic rings. The summed E-state index contributed by atoms with van der Waals surface area (Å²) in [6.45, 7) is 0. The Morgan fingerprint density at radius 1 is 1.06 bits per heavy atom. The van der Waals surface area contributed by atoms with E-state index in [0.717, 1.165) is 23.6 Å². The van der Waals surface area contributed by atoms with Crippen molar-refractivity contribution in [3.05, 3.63) is 75.9 Å². The molecule has 1 amide bonds. The number of aryl methyl sites for hydroxylation is 1. The van der Waals surface area contributed by atoms with Crippen molar-refractivity contribution in [2.24, 2.45) is 7.05 Å². The van der Waals surface area contributed by atoms with Crippen molar-refractivity contribution in [2.45, 2.75) is 6.18 Å². The summed E-state index contributed by atoms with van der Waals surface area (Å²) < 4.78 is 40.5. The number of fused-ring (bicyclic) bond motifs is 1. The number of nitrogens with zero attached hydrogens (tertiary/aromatic N) is 3. The third-order valence-electron chi connectivity index (χ3n) is 4.63. The SMILES string of the molecule is Cn1nc(-c2cc(C(F)(F)F)ccc2Cl)cc1NC(=O)c1cc2ncccc2cc1Cl. The second kappa shape index (κ2) is 7.86. The molecule has 158 valence electrons. The Morgan fingerprint density at radius 2 is 1.84 bits per heavy atom. The number of nitrogens with one attached hydrogen (secondary N) is 1. The van der Waals surface area contributed by atoms with Gasteiger partial charge in [0.1, 0.15) is 5.82 Å². The maximum Gasteiger partial charge on any atom is 0.416 e. The highest BCUT2D eigenvalue weighted by Gasteiger charge is 2.31. The van der Waals surface area contributed by atoms with E-state index in [-0.39, 0.29) is 32.7 Å². The average molecular weight is 465 g/mol. The molecule has 0 radical (unpaired) electrons. The molecule has 0 bridgehead atoms. The lowest BCUT2D eigenvalue weighted by molar-refractivity contribution is -0.137. The van der Waals surface area contributed by atoms with E-state index in [1.807, 2.05) is 6.07 Å². The lowest BCUT2D eigenvalue weighted by Crippen LogP contribution is -2.15. The van der Waals surface area contributed by atoms with Crippen molar-refractivity contribution in [3.8, 4) is 11.3 Å². The summed E-state index contributed by atoms with van der Waals surface area (Å²) in [6, 6.07) is 11.2. The van der Waals surface area contributed by atoms with Crippen LogP contribution in [0.3, 0.4) is 0 Å². The van der Waals surface area contributed by atoms with Gasteiger partial charge in [0.05, 0.1) is 32.4 Å². The maximum atomic E-state index is 13.1. The maximum absolute atomic E-state index is 13.1. The Balaban J connectivity index is 1.66. The van der Waals surface area contributed by atoms with Crippen molar-refractivity contribution in [1.29, 1.82) is 0 Å². The first kappa shape index (κ1) is 21.1. The molecule has 0 saturated heterocycles. The number of alkyl halides is 3. The molecule has 10 heteroatoms. The first-order valence-electron chi connectivity index (χ1n) is 8.90. The van der Waals surface area contributed by atoms with Crippen LogP contribution in [-0.4, -0.2) is 20.7 Å². The molecule has 31 heavy (non-hydrogen) atoms. The molecule has 4 rings (SSSR count).